The van der Waals surface area contributed by atoms with Gasteiger partial charge in [0.05, 0.1) is 11.1 Å². The summed E-state index contributed by atoms with van der Waals surface area (Å²) in [6.45, 7) is 5.63. The number of nitrogens with zero attached hydrogens (tertiary/aromatic N) is 1. The monoisotopic (exact) mass is 314 g/mol. The molecule has 2 aromatic rings. The lowest BCUT2D eigenvalue weighted by Gasteiger charge is -2.04. The molecule has 6 nitrogen and oxygen atoms in total. The maximum Gasteiger partial charge on any atom is 0.241 e. The Morgan fingerprint density at radius 2 is 2.20 bits per heavy atom. The van der Waals surface area contributed by atoms with Gasteiger partial charge in [-0.05, 0) is 19.5 Å². The molecule has 0 atom stereocenters. The van der Waals surface area contributed by atoms with Crippen molar-refractivity contribution >= 4 is 21.4 Å². The molecule has 0 saturated heterocycles. The number of hydrogen-bond acceptors (Lipinski definition) is 5. The lowest BCUT2D eigenvalue weighted by molar-refractivity contribution is 0.581. The molecule has 8 heteroatoms. The summed E-state index contributed by atoms with van der Waals surface area (Å²) in [4.78, 5) is 2.18. The van der Waals surface area contributed by atoms with Gasteiger partial charge in [0.25, 0.3) is 0 Å². The fourth-order valence-corrected chi connectivity index (χ4v) is 4.38. The van der Waals surface area contributed by atoms with Crippen LogP contribution in [0, 0.1) is 6.92 Å². The molecule has 2 heterocycles. The summed E-state index contributed by atoms with van der Waals surface area (Å²) in [5.41, 5.74) is 0.800. The molecule has 0 saturated carbocycles. The molecule has 2 aromatic heterocycles. The van der Waals surface area contributed by atoms with Gasteiger partial charge in [0.15, 0.2) is 0 Å². The number of thiophene rings is 1. The van der Waals surface area contributed by atoms with Crippen molar-refractivity contribution < 1.29 is 8.42 Å². The smallest absolute Gasteiger partial charge is 0.241 e. The molecule has 110 valence electrons. The second-order valence-electron chi connectivity index (χ2n) is 4.34. The number of aromatic nitrogens is 2. The summed E-state index contributed by atoms with van der Waals surface area (Å²) in [6.07, 6.45) is 3.26. The van der Waals surface area contributed by atoms with Crippen LogP contribution >= 0.6 is 11.3 Å². The number of aromatic amines is 1. The molecular weight excluding hydrogens is 296 g/mol. The maximum atomic E-state index is 12.3. The Balaban J connectivity index is 2.10. The summed E-state index contributed by atoms with van der Waals surface area (Å²) >= 11 is 1.50. The maximum absolute atomic E-state index is 12.3. The Hall–Kier alpha value is -1.22. The molecule has 3 N–H and O–H groups in total. The average Bonchev–Trinajstić information content (AvgIpc) is 3.03. The van der Waals surface area contributed by atoms with Crippen LogP contribution in [0.25, 0.3) is 0 Å². The van der Waals surface area contributed by atoms with E-state index in [1.54, 1.807) is 18.5 Å². The minimum absolute atomic E-state index is 0.233. The standard InChI is InChI=1S/C12H18N4O2S2/c1-3-13-8-11-4-12(9(2)19-11)20(17,18)16-7-10-5-14-15-6-10/h4-6,13,16H,3,7-8H2,1-2H3,(H,14,15). The molecule has 2 rings (SSSR count). The van der Waals surface area contributed by atoms with Crippen molar-refractivity contribution in [3.05, 3.63) is 33.8 Å². The van der Waals surface area contributed by atoms with Crippen molar-refractivity contribution in [3.63, 3.8) is 0 Å². The quantitative estimate of drug-likeness (QED) is 0.720. The number of aryl methyl sites for hydroxylation is 1. The SMILES string of the molecule is CCNCc1cc(S(=O)(=O)NCc2cn[nH]c2)c(C)s1. The summed E-state index contributed by atoms with van der Waals surface area (Å²) in [5, 5.41) is 9.63. The van der Waals surface area contributed by atoms with Gasteiger partial charge in [-0.25, -0.2) is 13.1 Å². The summed E-state index contributed by atoms with van der Waals surface area (Å²) in [5.74, 6) is 0. The first-order chi connectivity index (χ1) is 9.53. The fraction of sp³-hybridized carbons (Fsp3) is 0.417. The van der Waals surface area contributed by atoms with Gasteiger partial charge in [-0.1, -0.05) is 6.92 Å². The van der Waals surface area contributed by atoms with Crippen molar-refractivity contribution in [2.24, 2.45) is 0 Å². The molecule has 0 spiro atoms. The molecule has 0 aliphatic heterocycles. The second kappa shape index (κ2) is 6.49. The molecule has 0 amide bonds. The number of hydrogen-bond donors (Lipinski definition) is 3. The van der Waals surface area contributed by atoms with Crippen LogP contribution in [-0.2, 0) is 23.1 Å². The van der Waals surface area contributed by atoms with Crippen molar-refractivity contribution in [3.8, 4) is 0 Å². The molecule has 0 unspecified atom stereocenters. The van der Waals surface area contributed by atoms with E-state index in [1.807, 2.05) is 13.8 Å². The predicted molar refractivity (Wildman–Crippen MR) is 79.0 cm³/mol. The predicted octanol–water partition coefficient (Wildman–Crippen LogP) is 1.37. The minimum atomic E-state index is -3.48. The Kier molecular flexibility index (Phi) is 4.92. The Morgan fingerprint density at radius 1 is 1.40 bits per heavy atom. The first-order valence-electron chi connectivity index (χ1n) is 6.30. The average molecular weight is 314 g/mol. The summed E-state index contributed by atoms with van der Waals surface area (Å²) in [7, 11) is -3.48. The minimum Gasteiger partial charge on any atom is -0.312 e. The largest absolute Gasteiger partial charge is 0.312 e. The van der Waals surface area contributed by atoms with E-state index >= 15 is 0 Å². The van der Waals surface area contributed by atoms with E-state index in [0.717, 1.165) is 21.9 Å². The van der Waals surface area contributed by atoms with E-state index in [1.165, 1.54) is 11.3 Å². The van der Waals surface area contributed by atoms with Crippen molar-refractivity contribution in [1.82, 2.24) is 20.2 Å². The lowest BCUT2D eigenvalue weighted by atomic mass is 10.4. The van der Waals surface area contributed by atoms with E-state index in [9.17, 15) is 8.42 Å². The number of sulfonamides is 1. The van der Waals surface area contributed by atoms with Gasteiger partial charge in [0.1, 0.15) is 0 Å². The molecular formula is C12H18N4O2S2. The topological polar surface area (TPSA) is 86.9 Å². The van der Waals surface area contributed by atoms with E-state index in [0.29, 0.717) is 11.4 Å². The van der Waals surface area contributed by atoms with Crippen LogP contribution in [0.5, 0.6) is 0 Å². The third kappa shape index (κ3) is 3.66. The number of nitrogens with one attached hydrogen (secondary N) is 3. The van der Waals surface area contributed by atoms with Crippen LogP contribution in [0.15, 0.2) is 23.4 Å². The van der Waals surface area contributed by atoms with Gasteiger partial charge in [0.2, 0.25) is 10.0 Å². The molecule has 0 aliphatic rings. The highest BCUT2D eigenvalue weighted by molar-refractivity contribution is 7.89. The van der Waals surface area contributed by atoms with E-state index in [4.69, 9.17) is 0 Å². The van der Waals surface area contributed by atoms with E-state index < -0.39 is 10.0 Å². The Morgan fingerprint density at radius 3 is 2.85 bits per heavy atom. The fourth-order valence-electron chi connectivity index (χ4n) is 1.76. The van der Waals surface area contributed by atoms with Crippen LogP contribution in [0.1, 0.15) is 22.2 Å². The lowest BCUT2D eigenvalue weighted by Crippen LogP contribution is -2.23. The molecule has 0 bridgehead atoms. The van der Waals surface area contributed by atoms with Gasteiger partial charge in [-0.15, -0.1) is 11.3 Å². The highest BCUT2D eigenvalue weighted by Gasteiger charge is 2.19. The zero-order valence-electron chi connectivity index (χ0n) is 11.4. The Bertz CT molecular complexity index is 647. The third-order valence-corrected chi connectivity index (χ3v) is 5.49. The highest BCUT2D eigenvalue weighted by Crippen LogP contribution is 2.25. The molecule has 0 aromatic carbocycles. The number of rotatable bonds is 7. The second-order valence-corrected chi connectivity index (χ2v) is 7.42. The zero-order valence-corrected chi connectivity index (χ0v) is 13.1. The Labute approximate surface area is 122 Å². The van der Waals surface area contributed by atoms with E-state index in [-0.39, 0.29) is 6.54 Å². The summed E-state index contributed by atoms with van der Waals surface area (Å²) < 4.78 is 27.1. The van der Waals surface area contributed by atoms with Crippen LogP contribution in [0.2, 0.25) is 0 Å². The van der Waals surface area contributed by atoms with Crippen LogP contribution in [0.3, 0.4) is 0 Å². The molecule has 0 aliphatic carbocycles. The molecule has 20 heavy (non-hydrogen) atoms. The van der Waals surface area contributed by atoms with Gasteiger partial charge in [-0.2, -0.15) is 5.10 Å². The molecule has 0 radical (unpaired) electrons. The zero-order chi connectivity index (χ0) is 14.6. The van der Waals surface area contributed by atoms with Gasteiger partial charge in [-0.3, -0.25) is 5.10 Å². The van der Waals surface area contributed by atoms with Crippen molar-refractivity contribution in [2.45, 2.75) is 31.8 Å². The number of H-pyrrole nitrogens is 1. The normalized spacial score (nSPS) is 11.9. The van der Waals surface area contributed by atoms with Crippen molar-refractivity contribution in [1.29, 1.82) is 0 Å². The van der Waals surface area contributed by atoms with Crippen molar-refractivity contribution in [2.75, 3.05) is 6.54 Å². The van der Waals surface area contributed by atoms with E-state index in [2.05, 4.69) is 20.2 Å². The van der Waals surface area contributed by atoms with Crippen LogP contribution in [-0.4, -0.2) is 25.2 Å². The van der Waals surface area contributed by atoms with Crippen LogP contribution in [0.4, 0.5) is 0 Å². The molecule has 0 fully saturated rings. The summed E-state index contributed by atoms with van der Waals surface area (Å²) in [6, 6.07) is 1.74. The highest BCUT2D eigenvalue weighted by atomic mass is 32.2. The van der Waals surface area contributed by atoms with Gasteiger partial charge in [0, 0.05) is 34.6 Å². The first kappa shape index (κ1) is 15.2. The van der Waals surface area contributed by atoms with Gasteiger partial charge < -0.3 is 5.32 Å². The first-order valence-corrected chi connectivity index (χ1v) is 8.60. The van der Waals surface area contributed by atoms with Crippen LogP contribution < -0.4 is 10.0 Å². The van der Waals surface area contributed by atoms with Gasteiger partial charge >= 0.3 is 0 Å². The third-order valence-electron chi connectivity index (χ3n) is 2.78.